The highest BCUT2D eigenvalue weighted by molar-refractivity contribution is 9.10. The van der Waals surface area contributed by atoms with Gasteiger partial charge in [-0.1, -0.05) is 30.3 Å². The van der Waals surface area contributed by atoms with Crippen LogP contribution in [0, 0.1) is 0 Å². The van der Waals surface area contributed by atoms with E-state index >= 15 is 0 Å². The van der Waals surface area contributed by atoms with Crippen LogP contribution in [-0.4, -0.2) is 20.6 Å². The van der Waals surface area contributed by atoms with Gasteiger partial charge in [0.05, 0.1) is 6.42 Å². The summed E-state index contributed by atoms with van der Waals surface area (Å²) < 4.78 is 2.75. The van der Waals surface area contributed by atoms with Gasteiger partial charge in [-0.2, -0.15) is 0 Å². The van der Waals surface area contributed by atoms with E-state index in [0.29, 0.717) is 6.42 Å². The fourth-order valence-corrected chi connectivity index (χ4v) is 2.27. The standard InChI is InChI=1S/C13H13BrN2O2/c1-16-10(7-8-11(17)18)15-12(13(16)14)9-5-3-2-4-6-9/h2-6H,7-8H2,1H3,(H,17,18). The predicted molar refractivity (Wildman–Crippen MR) is 72.3 cm³/mol. The number of rotatable bonds is 4. The lowest BCUT2D eigenvalue weighted by atomic mass is 10.2. The fraction of sp³-hybridized carbons (Fsp3) is 0.231. The summed E-state index contributed by atoms with van der Waals surface area (Å²) in [7, 11) is 1.88. The Kier molecular flexibility index (Phi) is 3.81. The van der Waals surface area contributed by atoms with Gasteiger partial charge in [-0.05, 0) is 15.9 Å². The maximum absolute atomic E-state index is 10.6. The SMILES string of the molecule is Cn1c(CCC(=O)O)nc(-c2ccccc2)c1Br. The Morgan fingerprint density at radius 2 is 2.06 bits per heavy atom. The first-order valence-electron chi connectivity index (χ1n) is 5.58. The highest BCUT2D eigenvalue weighted by atomic mass is 79.9. The molecule has 94 valence electrons. The van der Waals surface area contributed by atoms with Gasteiger partial charge in [0.15, 0.2) is 0 Å². The number of imidazole rings is 1. The molecule has 2 rings (SSSR count). The van der Waals surface area contributed by atoms with Crippen LogP contribution in [0.15, 0.2) is 34.9 Å². The molecule has 2 aromatic rings. The largest absolute Gasteiger partial charge is 0.481 e. The lowest BCUT2D eigenvalue weighted by Crippen LogP contribution is -2.03. The van der Waals surface area contributed by atoms with Crippen molar-refractivity contribution < 1.29 is 9.90 Å². The average Bonchev–Trinajstić information content (AvgIpc) is 2.65. The number of nitrogens with zero attached hydrogens (tertiary/aromatic N) is 2. The highest BCUT2D eigenvalue weighted by Gasteiger charge is 2.14. The summed E-state index contributed by atoms with van der Waals surface area (Å²) in [6, 6.07) is 9.81. The first-order valence-corrected chi connectivity index (χ1v) is 6.37. The molecule has 1 aromatic carbocycles. The first-order chi connectivity index (χ1) is 8.59. The van der Waals surface area contributed by atoms with Gasteiger partial charge >= 0.3 is 5.97 Å². The second-order valence-electron chi connectivity index (χ2n) is 3.99. The van der Waals surface area contributed by atoms with Crippen LogP contribution < -0.4 is 0 Å². The molecule has 0 bridgehead atoms. The summed E-state index contributed by atoms with van der Waals surface area (Å²) in [6.07, 6.45) is 0.517. The van der Waals surface area contributed by atoms with E-state index in [-0.39, 0.29) is 6.42 Å². The van der Waals surface area contributed by atoms with E-state index in [2.05, 4.69) is 20.9 Å². The van der Waals surface area contributed by atoms with Crippen LogP contribution in [0.4, 0.5) is 0 Å². The number of carboxylic acid groups (broad SMARTS) is 1. The van der Waals surface area contributed by atoms with E-state index in [9.17, 15) is 4.79 Å². The minimum absolute atomic E-state index is 0.0888. The van der Waals surface area contributed by atoms with E-state index < -0.39 is 5.97 Å². The second-order valence-corrected chi connectivity index (χ2v) is 4.74. The normalized spacial score (nSPS) is 10.6. The molecule has 0 aliphatic rings. The number of carboxylic acids is 1. The number of carbonyl (C=O) groups is 1. The third-order valence-corrected chi connectivity index (χ3v) is 3.64. The van der Waals surface area contributed by atoms with E-state index in [4.69, 9.17) is 5.11 Å². The summed E-state index contributed by atoms with van der Waals surface area (Å²) >= 11 is 3.50. The number of halogens is 1. The van der Waals surface area contributed by atoms with Crippen LogP contribution in [0.2, 0.25) is 0 Å². The summed E-state index contributed by atoms with van der Waals surface area (Å²) in [5.74, 6) is -0.0430. The lowest BCUT2D eigenvalue weighted by Gasteiger charge is -1.99. The number of hydrogen-bond donors (Lipinski definition) is 1. The van der Waals surface area contributed by atoms with Gasteiger partial charge in [0.1, 0.15) is 16.1 Å². The molecule has 0 unspecified atom stereocenters. The molecule has 0 atom stereocenters. The molecular weight excluding hydrogens is 296 g/mol. The van der Waals surface area contributed by atoms with Crippen LogP contribution >= 0.6 is 15.9 Å². The van der Waals surface area contributed by atoms with E-state index in [1.807, 2.05) is 41.9 Å². The Bertz CT molecular complexity index is 564. The monoisotopic (exact) mass is 308 g/mol. The molecule has 0 aliphatic carbocycles. The summed E-state index contributed by atoms with van der Waals surface area (Å²) in [4.78, 5) is 15.1. The molecule has 4 nitrogen and oxygen atoms in total. The van der Waals surface area contributed by atoms with Gasteiger partial charge in [0.2, 0.25) is 0 Å². The molecular formula is C13H13BrN2O2. The smallest absolute Gasteiger partial charge is 0.303 e. The van der Waals surface area contributed by atoms with E-state index in [1.54, 1.807) is 0 Å². The number of benzene rings is 1. The molecule has 0 saturated heterocycles. The Hall–Kier alpha value is -1.62. The number of aliphatic carboxylic acids is 1. The van der Waals surface area contributed by atoms with Gasteiger partial charge in [0, 0.05) is 19.0 Å². The predicted octanol–water partition coefficient (Wildman–Crippen LogP) is 2.87. The molecule has 1 heterocycles. The quantitative estimate of drug-likeness (QED) is 0.945. The van der Waals surface area contributed by atoms with Crippen LogP contribution in [0.3, 0.4) is 0 Å². The van der Waals surface area contributed by atoms with E-state index in [1.165, 1.54) is 0 Å². The van der Waals surface area contributed by atoms with Gasteiger partial charge in [-0.25, -0.2) is 4.98 Å². The van der Waals surface area contributed by atoms with Crippen molar-refractivity contribution in [1.29, 1.82) is 0 Å². The molecule has 0 saturated carbocycles. The Labute approximate surface area is 113 Å². The Morgan fingerprint density at radius 1 is 1.39 bits per heavy atom. The van der Waals surface area contributed by atoms with Crippen molar-refractivity contribution in [3.8, 4) is 11.3 Å². The van der Waals surface area contributed by atoms with Crippen molar-refractivity contribution >= 4 is 21.9 Å². The number of hydrogen-bond acceptors (Lipinski definition) is 2. The topological polar surface area (TPSA) is 55.1 Å². The van der Waals surface area contributed by atoms with Gasteiger partial charge in [0.25, 0.3) is 0 Å². The molecule has 0 radical (unpaired) electrons. The van der Waals surface area contributed by atoms with Crippen molar-refractivity contribution in [1.82, 2.24) is 9.55 Å². The van der Waals surface area contributed by atoms with Crippen molar-refractivity contribution in [3.63, 3.8) is 0 Å². The molecule has 1 aromatic heterocycles. The molecule has 18 heavy (non-hydrogen) atoms. The van der Waals surface area contributed by atoms with Gasteiger partial charge < -0.3 is 9.67 Å². The zero-order valence-corrected chi connectivity index (χ0v) is 11.5. The third kappa shape index (κ3) is 2.61. The lowest BCUT2D eigenvalue weighted by molar-refractivity contribution is -0.137. The van der Waals surface area contributed by atoms with Crippen molar-refractivity contribution in [3.05, 3.63) is 40.8 Å². The highest BCUT2D eigenvalue weighted by Crippen LogP contribution is 2.28. The zero-order chi connectivity index (χ0) is 13.1. The van der Waals surface area contributed by atoms with Crippen LogP contribution in [-0.2, 0) is 18.3 Å². The molecule has 0 spiro atoms. The van der Waals surface area contributed by atoms with Crippen molar-refractivity contribution in [2.24, 2.45) is 7.05 Å². The third-order valence-electron chi connectivity index (χ3n) is 2.73. The van der Waals surface area contributed by atoms with Crippen LogP contribution in [0.1, 0.15) is 12.2 Å². The molecule has 0 fully saturated rings. The van der Waals surface area contributed by atoms with Gasteiger partial charge in [-0.3, -0.25) is 4.79 Å². The first kappa shape index (κ1) is 12.8. The minimum atomic E-state index is -0.810. The second kappa shape index (κ2) is 5.35. The maximum atomic E-state index is 10.6. The fourth-order valence-electron chi connectivity index (χ4n) is 1.74. The van der Waals surface area contributed by atoms with Crippen LogP contribution in [0.25, 0.3) is 11.3 Å². The summed E-state index contributed by atoms with van der Waals surface area (Å²) in [6.45, 7) is 0. The maximum Gasteiger partial charge on any atom is 0.303 e. The number of aromatic nitrogens is 2. The minimum Gasteiger partial charge on any atom is -0.481 e. The zero-order valence-electron chi connectivity index (χ0n) is 9.93. The summed E-state index contributed by atoms with van der Waals surface area (Å²) in [5.41, 5.74) is 1.86. The average molecular weight is 309 g/mol. The summed E-state index contributed by atoms with van der Waals surface area (Å²) in [5, 5.41) is 8.71. The van der Waals surface area contributed by atoms with Gasteiger partial charge in [-0.15, -0.1) is 0 Å². The Morgan fingerprint density at radius 3 is 2.67 bits per heavy atom. The molecule has 5 heteroatoms. The molecule has 1 N–H and O–H groups in total. The number of aryl methyl sites for hydroxylation is 1. The van der Waals surface area contributed by atoms with Crippen molar-refractivity contribution in [2.75, 3.05) is 0 Å². The van der Waals surface area contributed by atoms with Crippen molar-refractivity contribution in [2.45, 2.75) is 12.8 Å². The molecule has 0 amide bonds. The van der Waals surface area contributed by atoms with E-state index in [0.717, 1.165) is 21.7 Å². The molecule has 0 aliphatic heterocycles. The van der Waals surface area contributed by atoms with Crippen LogP contribution in [0.5, 0.6) is 0 Å². The Balaban J connectivity index is 2.33.